The lowest BCUT2D eigenvalue weighted by Gasteiger charge is -2.19. The molecule has 7 nitrogen and oxygen atoms in total. The highest BCUT2D eigenvalue weighted by atomic mass is 32.2. The number of H-pyrrole nitrogens is 1. The zero-order valence-corrected chi connectivity index (χ0v) is 15.4. The summed E-state index contributed by atoms with van der Waals surface area (Å²) in [5, 5.41) is 16.5. The summed E-state index contributed by atoms with van der Waals surface area (Å²) in [5.74, 6) is 0.276. The summed E-state index contributed by atoms with van der Waals surface area (Å²) in [5.41, 5.74) is 2.12. The van der Waals surface area contributed by atoms with Crippen molar-refractivity contribution >= 4 is 28.6 Å². The normalized spacial score (nSPS) is 11.8. The van der Waals surface area contributed by atoms with Gasteiger partial charge in [0.2, 0.25) is 11.1 Å². The van der Waals surface area contributed by atoms with E-state index in [0.717, 1.165) is 11.9 Å². The molecule has 2 heterocycles. The molecule has 1 aromatic carbocycles. The van der Waals surface area contributed by atoms with Crippen LogP contribution in [-0.2, 0) is 16.8 Å². The van der Waals surface area contributed by atoms with Crippen molar-refractivity contribution in [3.05, 3.63) is 36.0 Å². The molecule has 0 aliphatic carbocycles. The first-order valence-corrected chi connectivity index (χ1v) is 9.17. The Morgan fingerprint density at radius 2 is 2.12 bits per heavy atom. The van der Waals surface area contributed by atoms with Gasteiger partial charge in [-0.05, 0) is 49.2 Å². The average molecular weight is 358 g/mol. The number of hydrogen-bond acceptors (Lipinski definition) is 5. The Morgan fingerprint density at radius 1 is 1.32 bits per heavy atom. The lowest BCUT2D eigenvalue weighted by atomic mass is 10.1. The van der Waals surface area contributed by atoms with E-state index in [1.54, 1.807) is 4.68 Å². The van der Waals surface area contributed by atoms with Crippen molar-refractivity contribution in [1.29, 1.82) is 0 Å². The molecule has 0 atom stereocenters. The summed E-state index contributed by atoms with van der Waals surface area (Å²) < 4.78 is 1.73. The van der Waals surface area contributed by atoms with Crippen LogP contribution < -0.4 is 5.32 Å². The van der Waals surface area contributed by atoms with Crippen LogP contribution in [-0.4, -0.2) is 43.4 Å². The van der Waals surface area contributed by atoms with Crippen LogP contribution in [0, 0.1) is 0 Å². The van der Waals surface area contributed by atoms with Crippen LogP contribution in [0.4, 0.5) is 0 Å². The van der Waals surface area contributed by atoms with E-state index in [-0.39, 0.29) is 11.4 Å². The van der Waals surface area contributed by atoms with Crippen LogP contribution >= 0.6 is 11.8 Å². The Labute approximate surface area is 150 Å². The lowest BCUT2D eigenvalue weighted by molar-refractivity contribution is -0.118. The van der Waals surface area contributed by atoms with E-state index in [1.165, 1.54) is 22.7 Å². The summed E-state index contributed by atoms with van der Waals surface area (Å²) in [6.07, 6.45) is 2.79. The van der Waals surface area contributed by atoms with E-state index in [0.29, 0.717) is 17.5 Å². The Kier molecular flexibility index (Phi) is 5.08. The third-order valence-corrected chi connectivity index (χ3v) is 4.72. The van der Waals surface area contributed by atoms with Crippen LogP contribution in [0.3, 0.4) is 0 Å². The molecule has 8 heteroatoms. The molecule has 0 spiro atoms. The predicted molar refractivity (Wildman–Crippen MR) is 98.5 cm³/mol. The number of amides is 1. The number of para-hydroxylation sites is 1. The minimum Gasteiger partial charge on any atom is -0.361 e. The standard InChI is InChI=1S/C17H22N6OS/c1-17(2,3)23-16(20-21-22-23)25-11-15(24)18-9-8-12-10-19-14-7-5-4-6-13(12)14/h4-7,10,19H,8-9,11H2,1-3H3,(H,18,24). The molecular formula is C17H22N6OS. The third-order valence-electron chi connectivity index (χ3n) is 3.80. The van der Waals surface area contributed by atoms with Gasteiger partial charge in [0.15, 0.2) is 0 Å². The first-order valence-electron chi connectivity index (χ1n) is 8.18. The van der Waals surface area contributed by atoms with Gasteiger partial charge in [0.1, 0.15) is 0 Å². The average Bonchev–Trinajstić information content (AvgIpc) is 3.20. The van der Waals surface area contributed by atoms with Crippen LogP contribution in [0.2, 0.25) is 0 Å². The second kappa shape index (κ2) is 7.26. The maximum Gasteiger partial charge on any atom is 0.230 e. The van der Waals surface area contributed by atoms with E-state index in [9.17, 15) is 4.79 Å². The largest absolute Gasteiger partial charge is 0.361 e. The van der Waals surface area contributed by atoms with E-state index in [1.807, 2.05) is 45.2 Å². The monoisotopic (exact) mass is 358 g/mol. The lowest BCUT2D eigenvalue weighted by Crippen LogP contribution is -2.28. The fourth-order valence-corrected chi connectivity index (χ4v) is 3.44. The Bertz CT molecular complexity index is 863. The number of nitrogens with zero attached hydrogens (tertiary/aromatic N) is 4. The van der Waals surface area contributed by atoms with E-state index in [4.69, 9.17) is 0 Å². The van der Waals surface area contributed by atoms with E-state index < -0.39 is 0 Å². The van der Waals surface area contributed by atoms with Gasteiger partial charge >= 0.3 is 0 Å². The second-order valence-corrected chi connectivity index (χ2v) is 7.73. The van der Waals surface area contributed by atoms with Gasteiger partial charge in [-0.2, -0.15) is 0 Å². The van der Waals surface area contributed by atoms with Crippen molar-refractivity contribution in [2.45, 2.75) is 37.9 Å². The highest BCUT2D eigenvalue weighted by Gasteiger charge is 2.20. The maximum absolute atomic E-state index is 12.1. The number of fused-ring (bicyclic) bond motifs is 1. The molecule has 0 fully saturated rings. The molecule has 25 heavy (non-hydrogen) atoms. The van der Waals surface area contributed by atoms with Gasteiger partial charge in [0.05, 0.1) is 11.3 Å². The summed E-state index contributed by atoms with van der Waals surface area (Å²) in [6.45, 7) is 6.67. The molecule has 0 saturated carbocycles. The number of tetrazole rings is 1. The molecule has 2 aromatic heterocycles. The molecule has 3 aromatic rings. The van der Waals surface area contributed by atoms with Crippen molar-refractivity contribution in [1.82, 2.24) is 30.5 Å². The Balaban J connectivity index is 1.48. The summed E-state index contributed by atoms with van der Waals surface area (Å²) in [6, 6.07) is 8.17. The van der Waals surface area contributed by atoms with Crippen LogP contribution in [0.25, 0.3) is 10.9 Å². The SMILES string of the molecule is CC(C)(C)n1nnnc1SCC(=O)NCCc1c[nH]c2ccccc12. The van der Waals surface area contributed by atoms with Gasteiger partial charge in [0, 0.05) is 23.6 Å². The van der Waals surface area contributed by atoms with Gasteiger partial charge in [-0.1, -0.05) is 30.0 Å². The minimum atomic E-state index is -0.211. The van der Waals surface area contributed by atoms with E-state index in [2.05, 4.69) is 31.9 Å². The van der Waals surface area contributed by atoms with Crippen molar-refractivity contribution in [2.75, 3.05) is 12.3 Å². The highest BCUT2D eigenvalue weighted by Crippen LogP contribution is 2.21. The number of nitrogens with one attached hydrogen (secondary N) is 2. The van der Waals surface area contributed by atoms with Crippen molar-refractivity contribution < 1.29 is 4.79 Å². The number of carbonyl (C=O) groups excluding carboxylic acids is 1. The molecule has 0 aliphatic rings. The summed E-state index contributed by atoms with van der Waals surface area (Å²) in [7, 11) is 0. The smallest absolute Gasteiger partial charge is 0.230 e. The Morgan fingerprint density at radius 3 is 2.92 bits per heavy atom. The predicted octanol–water partition coefficient (Wildman–Crippen LogP) is 2.36. The molecule has 0 unspecified atom stereocenters. The second-order valence-electron chi connectivity index (χ2n) is 6.79. The van der Waals surface area contributed by atoms with E-state index >= 15 is 0 Å². The van der Waals surface area contributed by atoms with Gasteiger partial charge < -0.3 is 10.3 Å². The number of aromatic nitrogens is 5. The highest BCUT2D eigenvalue weighted by molar-refractivity contribution is 7.99. The molecule has 0 aliphatic heterocycles. The summed E-state index contributed by atoms with van der Waals surface area (Å²) >= 11 is 1.35. The van der Waals surface area contributed by atoms with Crippen LogP contribution in [0.5, 0.6) is 0 Å². The molecular weight excluding hydrogens is 336 g/mol. The van der Waals surface area contributed by atoms with Crippen molar-refractivity contribution in [3.63, 3.8) is 0 Å². The fraction of sp³-hybridized carbons (Fsp3) is 0.412. The quantitative estimate of drug-likeness (QED) is 0.661. The van der Waals surface area contributed by atoms with Crippen LogP contribution in [0.1, 0.15) is 26.3 Å². The fourth-order valence-electron chi connectivity index (χ4n) is 2.55. The molecule has 0 saturated heterocycles. The first kappa shape index (κ1) is 17.5. The topological polar surface area (TPSA) is 88.5 Å². The summed E-state index contributed by atoms with van der Waals surface area (Å²) in [4.78, 5) is 15.3. The van der Waals surface area contributed by atoms with Gasteiger partial charge in [0.25, 0.3) is 0 Å². The number of rotatable bonds is 6. The molecule has 0 bridgehead atoms. The minimum absolute atomic E-state index is 0.0201. The maximum atomic E-state index is 12.1. The zero-order valence-electron chi connectivity index (χ0n) is 14.6. The van der Waals surface area contributed by atoms with Gasteiger partial charge in [-0.3, -0.25) is 4.79 Å². The number of hydrogen-bond donors (Lipinski definition) is 2. The number of aromatic amines is 1. The zero-order chi connectivity index (χ0) is 17.9. The molecule has 2 N–H and O–H groups in total. The molecule has 0 radical (unpaired) electrons. The number of thioether (sulfide) groups is 1. The number of carbonyl (C=O) groups is 1. The third kappa shape index (κ3) is 4.19. The van der Waals surface area contributed by atoms with Crippen molar-refractivity contribution in [3.8, 4) is 0 Å². The number of benzene rings is 1. The van der Waals surface area contributed by atoms with Gasteiger partial charge in [-0.25, -0.2) is 4.68 Å². The molecule has 132 valence electrons. The molecule has 1 amide bonds. The molecule has 3 rings (SSSR count). The Hall–Kier alpha value is -2.35. The van der Waals surface area contributed by atoms with Crippen molar-refractivity contribution in [2.24, 2.45) is 0 Å². The van der Waals surface area contributed by atoms with Crippen LogP contribution in [0.15, 0.2) is 35.6 Å². The first-order chi connectivity index (χ1) is 11.9. The van der Waals surface area contributed by atoms with Gasteiger partial charge in [-0.15, -0.1) is 5.10 Å².